The van der Waals surface area contributed by atoms with E-state index in [2.05, 4.69) is 11.1 Å². The second-order valence-corrected chi connectivity index (χ2v) is 4.97. The molecule has 1 aromatic heterocycles. The molecule has 1 aromatic carbocycles. The Balaban J connectivity index is 1.77. The summed E-state index contributed by atoms with van der Waals surface area (Å²) in [4.78, 5) is 4.03. The van der Waals surface area contributed by atoms with Gasteiger partial charge in [0.15, 0.2) is 0 Å². The fraction of sp³-hybridized carbons (Fsp3) is 0.312. The third-order valence-electron chi connectivity index (χ3n) is 3.51. The van der Waals surface area contributed by atoms with Crippen LogP contribution < -0.4 is 4.74 Å². The van der Waals surface area contributed by atoms with E-state index in [1.165, 1.54) is 0 Å². The number of benzene rings is 1. The molecule has 1 aliphatic rings. The average Bonchev–Trinajstić information content (AvgIpc) is 2.85. The highest BCUT2D eigenvalue weighted by molar-refractivity contribution is 5.64. The van der Waals surface area contributed by atoms with E-state index >= 15 is 0 Å². The van der Waals surface area contributed by atoms with Crippen LogP contribution in [0.3, 0.4) is 0 Å². The summed E-state index contributed by atoms with van der Waals surface area (Å²) in [5, 5.41) is 9.52. The van der Waals surface area contributed by atoms with E-state index in [0.717, 1.165) is 36.1 Å². The first-order valence-corrected chi connectivity index (χ1v) is 6.66. The van der Waals surface area contributed by atoms with Crippen molar-refractivity contribution >= 4 is 0 Å². The number of hydrogen-bond donors (Lipinski definition) is 1. The van der Waals surface area contributed by atoms with Crippen LogP contribution in [0.25, 0.3) is 11.1 Å². The number of aliphatic hydroxyl groups is 1. The van der Waals surface area contributed by atoms with Crippen molar-refractivity contribution in [3.63, 3.8) is 0 Å². The van der Waals surface area contributed by atoms with Crippen molar-refractivity contribution < 1.29 is 9.84 Å². The Hall–Kier alpha value is -1.87. The highest BCUT2D eigenvalue weighted by Crippen LogP contribution is 2.27. The third-order valence-corrected chi connectivity index (χ3v) is 3.51. The van der Waals surface area contributed by atoms with Gasteiger partial charge in [-0.15, -0.1) is 0 Å². The number of rotatable bonds is 3. The second-order valence-electron chi connectivity index (χ2n) is 4.97. The zero-order valence-corrected chi connectivity index (χ0v) is 10.7. The summed E-state index contributed by atoms with van der Waals surface area (Å²) in [5.41, 5.74) is 2.25. The van der Waals surface area contributed by atoms with Crippen molar-refractivity contribution in [1.82, 2.24) is 4.98 Å². The van der Waals surface area contributed by atoms with Crippen LogP contribution in [-0.4, -0.2) is 22.3 Å². The van der Waals surface area contributed by atoms with Gasteiger partial charge in [-0.2, -0.15) is 0 Å². The highest BCUT2D eigenvalue weighted by atomic mass is 16.5. The molecule has 1 N–H and O–H groups in total. The van der Waals surface area contributed by atoms with Crippen LogP contribution in [0.4, 0.5) is 0 Å². The van der Waals surface area contributed by atoms with Crippen molar-refractivity contribution in [2.45, 2.75) is 31.5 Å². The molecule has 1 heterocycles. The summed E-state index contributed by atoms with van der Waals surface area (Å²) in [6.07, 6.45) is 6.03. The van der Waals surface area contributed by atoms with Crippen LogP contribution in [0.15, 0.2) is 48.8 Å². The summed E-state index contributed by atoms with van der Waals surface area (Å²) < 4.78 is 5.93. The third kappa shape index (κ3) is 2.93. The van der Waals surface area contributed by atoms with Crippen molar-refractivity contribution in [3.05, 3.63) is 48.8 Å². The fourth-order valence-electron chi connectivity index (χ4n) is 2.51. The number of aromatic nitrogens is 1. The second kappa shape index (κ2) is 5.41. The molecule has 0 amide bonds. The minimum absolute atomic E-state index is 0.141. The van der Waals surface area contributed by atoms with Gasteiger partial charge < -0.3 is 9.84 Å². The molecule has 19 heavy (non-hydrogen) atoms. The Morgan fingerprint density at radius 1 is 1.05 bits per heavy atom. The van der Waals surface area contributed by atoms with E-state index in [1.54, 1.807) is 12.4 Å². The standard InChI is InChI=1S/C16H17NO2/c18-14-4-5-16(11-14)19-15-3-1-2-13(10-15)12-6-8-17-9-7-12/h1-3,6-10,14,16,18H,4-5,11H2. The molecule has 98 valence electrons. The molecule has 1 fully saturated rings. The van der Waals surface area contributed by atoms with E-state index in [0.29, 0.717) is 0 Å². The Morgan fingerprint density at radius 2 is 1.89 bits per heavy atom. The lowest BCUT2D eigenvalue weighted by molar-refractivity contribution is 0.150. The van der Waals surface area contributed by atoms with Gasteiger partial charge in [0, 0.05) is 18.8 Å². The predicted molar refractivity (Wildman–Crippen MR) is 73.9 cm³/mol. The van der Waals surface area contributed by atoms with Crippen LogP contribution in [-0.2, 0) is 0 Å². The summed E-state index contributed by atoms with van der Waals surface area (Å²) in [6.45, 7) is 0. The number of pyridine rings is 1. The van der Waals surface area contributed by atoms with Gasteiger partial charge in [0.05, 0.1) is 6.10 Å². The molecule has 2 unspecified atom stereocenters. The predicted octanol–water partition coefficient (Wildman–Crippen LogP) is 3.04. The zero-order valence-electron chi connectivity index (χ0n) is 10.7. The maximum atomic E-state index is 9.52. The lowest BCUT2D eigenvalue weighted by atomic mass is 10.1. The van der Waals surface area contributed by atoms with E-state index in [-0.39, 0.29) is 12.2 Å². The Bertz CT molecular complexity index is 541. The molecule has 1 aliphatic carbocycles. The smallest absolute Gasteiger partial charge is 0.120 e. The molecule has 3 rings (SSSR count). The van der Waals surface area contributed by atoms with Gasteiger partial charge in [-0.1, -0.05) is 12.1 Å². The van der Waals surface area contributed by atoms with Gasteiger partial charge in [0.25, 0.3) is 0 Å². The van der Waals surface area contributed by atoms with Gasteiger partial charge >= 0.3 is 0 Å². The van der Waals surface area contributed by atoms with Gasteiger partial charge in [-0.25, -0.2) is 0 Å². The topological polar surface area (TPSA) is 42.4 Å². The molecule has 3 heteroatoms. The number of ether oxygens (including phenoxy) is 1. The summed E-state index contributed by atoms with van der Waals surface area (Å²) in [7, 11) is 0. The molecular formula is C16H17NO2. The van der Waals surface area contributed by atoms with Crippen molar-refractivity contribution in [1.29, 1.82) is 0 Å². The monoisotopic (exact) mass is 255 g/mol. The minimum Gasteiger partial charge on any atom is -0.490 e. The number of nitrogens with zero attached hydrogens (tertiary/aromatic N) is 1. The van der Waals surface area contributed by atoms with Crippen LogP contribution in [0.5, 0.6) is 5.75 Å². The SMILES string of the molecule is OC1CCC(Oc2cccc(-c3ccncc3)c2)C1. The van der Waals surface area contributed by atoms with Crippen LogP contribution in [0.2, 0.25) is 0 Å². The Labute approximate surface area is 112 Å². The molecule has 2 aromatic rings. The molecule has 1 saturated carbocycles. The van der Waals surface area contributed by atoms with E-state index < -0.39 is 0 Å². The maximum absolute atomic E-state index is 9.52. The van der Waals surface area contributed by atoms with Crippen LogP contribution in [0, 0.1) is 0 Å². The molecule has 0 aliphatic heterocycles. The quantitative estimate of drug-likeness (QED) is 0.916. The van der Waals surface area contributed by atoms with Gasteiger partial charge in [0.1, 0.15) is 11.9 Å². The van der Waals surface area contributed by atoms with E-state index in [9.17, 15) is 5.11 Å². The lowest BCUT2D eigenvalue weighted by Crippen LogP contribution is -2.13. The molecule has 0 bridgehead atoms. The van der Waals surface area contributed by atoms with Crippen LogP contribution in [0.1, 0.15) is 19.3 Å². The Morgan fingerprint density at radius 3 is 2.63 bits per heavy atom. The van der Waals surface area contributed by atoms with Crippen molar-refractivity contribution in [2.75, 3.05) is 0 Å². The molecule has 0 spiro atoms. The van der Waals surface area contributed by atoms with Gasteiger partial charge in [-0.05, 0) is 48.2 Å². The van der Waals surface area contributed by atoms with Crippen molar-refractivity contribution in [2.24, 2.45) is 0 Å². The Kier molecular flexibility index (Phi) is 3.47. The van der Waals surface area contributed by atoms with Crippen molar-refractivity contribution in [3.8, 4) is 16.9 Å². The average molecular weight is 255 g/mol. The molecule has 3 nitrogen and oxygen atoms in total. The first-order chi connectivity index (χ1) is 9.31. The van der Waals surface area contributed by atoms with Gasteiger partial charge in [-0.3, -0.25) is 4.98 Å². The van der Waals surface area contributed by atoms with E-state index in [1.807, 2.05) is 30.3 Å². The maximum Gasteiger partial charge on any atom is 0.120 e. The zero-order chi connectivity index (χ0) is 13.1. The largest absolute Gasteiger partial charge is 0.490 e. The summed E-state index contributed by atoms with van der Waals surface area (Å²) >= 11 is 0. The summed E-state index contributed by atoms with van der Waals surface area (Å²) in [6, 6.07) is 12.0. The highest BCUT2D eigenvalue weighted by Gasteiger charge is 2.24. The van der Waals surface area contributed by atoms with Gasteiger partial charge in [0.2, 0.25) is 0 Å². The molecular weight excluding hydrogens is 238 g/mol. The molecule has 0 saturated heterocycles. The number of aliphatic hydroxyl groups excluding tert-OH is 1. The lowest BCUT2D eigenvalue weighted by Gasteiger charge is -2.14. The first-order valence-electron chi connectivity index (χ1n) is 6.66. The molecule has 2 atom stereocenters. The van der Waals surface area contributed by atoms with E-state index in [4.69, 9.17) is 4.74 Å². The first kappa shape index (κ1) is 12.2. The number of hydrogen-bond acceptors (Lipinski definition) is 3. The normalized spacial score (nSPS) is 22.4. The van der Waals surface area contributed by atoms with Crippen LogP contribution >= 0.6 is 0 Å². The molecule has 0 radical (unpaired) electrons. The summed E-state index contributed by atoms with van der Waals surface area (Å²) in [5.74, 6) is 0.869. The fourth-order valence-corrected chi connectivity index (χ4v) is 2.51. The minimum atomic E-state index is -0.201.